The molecule has 0 spiro atoms. The molecule has 2 atom stereocenters. The summed E-state index contributed by atoms with van der Waals surface area (Å²) in [5.41, 5.74) is 1.98. The highest BCUT2D eigenvalue weighted by atomic mass is 14.9. The molecule has 1 aromatic carbocycles. The quantitative estimate of drug-likeness (QED) is 0.772. The van der Waals surface area contributed by atoms with Gasteiger partial charge in [-0.25, -0.2) is 0 Å². The Kier molecular flexibility index (Phi) is 5.04. The lowest BCUT2D eigenvalue weighted by molar-refractivity contribution is 0.151. The highest BCUT2D eigenvalue weighted by molar-refractivity contribution is 5.14. The fourth-order valence-electron chi connectivity index (χ4n) is 3.74. The monoisotopic (exact) mass is 259 g/mol. The average Bonchev–Trinajstić information content (AvgIpc) is 2.33. The van der Waals surface area contributed by atoms with Crippen molar-refractivity contribution in [3.05, 3.63) is 35.9 Å². The van der Waals surface area contributed by atoms with Crippen LogP contribution in [-0.2, 0) is 6.42 Å². The standard InChI is InChI=1S/C18H29N/c1-15-12-17(14-18(2,3)13-15)19-11-7-10-16-8-5-4-6-9-16/h4-6,8-9,15,17,19H,7,10-14H2,1-3H3. The van der Waals surface area contributed by atoms with Crippen LogP contribution in [0.5, 0.6) is 0 Å². The van der Waals surface area contributed by atoms with Gasteiger partial charge in [-0.3, -0.25) is 0 Å². The molecule has 1 aliphatic carbocycles. The molecule has 1 aliphatic rings. The van der Waals surface area contributed by atoms with E-state index in [-0.39, 0.29) is 0 Å². The summed E-state index contributed by atoms with van der Waals surface area (Å²) in [7, 11) is 0. The van der Waals surface area contributed by atoms with Gasteiger partial charge in [-0.15, -0.1) is 0 Å². The predicted molar refractivity (Wildman–Crippen MR) is 83.3 cm³/mol. The Morgan fingerprint density at radius 1 is 1.16 bits per heavy atom. The highest BCUT2D eigenvalue weighted by Crippen LogP contribution is 2.38. The molecule has 0 heterocycles. The van der Waals surface area contributed by atoms with Crippen LogP contribution in [0.4, 0.5) is 0 Å². The predicted octanol–water partition coefficient (Wildman–Crippen LogP) is 4.42. The van der Waals surface area contributed by atoms with E-state index in [2.05, 4.69) is 56.4 Å². The van der Waals surface area contributed by atoms with E-state index in [9.17, 15) is 0 Å². The minimum atomic E-state index is 0.523. The third kappa shape index (κ3) is 4.99. The van der Waals surface area contributed by atoms with E-state index >= 15 is 0 Å². The van der Waals surface area contributed by atoms with Gasteiger partial charge in [-0.05, 0) is 55.5 Å². The van der Waals surface area contributed by atoms with Crippen molar-refractivity contribution >= 4 is 0 Å². The summed E-state index contributed by atoms with van der Waals surface area (Å²) in [5.74, 6) is 0.871. The highest BCUT2D eigenvalue weighted by Gasteiger charge is 2.31. The molecule has 106 valence electrons. The van der Waals surface area contributed by atoms with Gasteiger partial charge in [0.25, 0.3) is 0 Å². The van der Waals surface area contributed by atoms with E-state index in [0.717, 1.165) is 18.5 Å². The molecule has 0 saturated heterocycles. The van der Waals surface area contributed by atoms with E-state index < -0.39 is 0 Å². The van der Waals surface area contributed by atoms with Gasteiger partial charge in [0.1, 0.15) is 0 Å². The second kappa shape index (κ2) is 6.56. The maximum Gasteiger partial charge on any atom is 0.00746 e. The lowest BCUT2D eigenvalue weighted by atomic mass is 9.70. The summed E-state index contributed by atoms with van der Waals surface area (Å²) in [5, 5.41) is 3.78. The van der Waals surface area contributed by atoms with E-state index in [4.69, 9.17) is 0 Å². The molecule has 1 nitrogen and oxygen atoms in total. The fraction of sp³-hybridized carbons (Fsp3) is 0.667. The number of hydrogen-bond donors (Lipinski definition) is 1. The van der Waals surface area contributed by atoms with Crippen molar-refractivity contribution in [2.45, 2.75) is 58.9 Å². The molecule has 2 rings (SSSR count). The van der Waals surface area contributed by atoms with Crippen LogP contribution < -0.4 is 5.32 Å². The summed E-state index contributed by atoms with van der Waals surface area (Å²) in [6.45, 7) is 8.39. The smallest absolute Gasteiger partial charge is 0.00746 e. The lowest BCUT2D eigenvalue weighted by Gasteiger charge is -2.39. The van der Waals surface area contributed by atoms with Crippen molar-refractivity contribution in [1.82, 2.24) is 5.32 Å². The maximum absolute atomic E-state index is 3.78. The minimum Gasteiger partial charge on any atom is -0.314 e. The Morgan fingerprint density at radius 3 is 2.58 bits per heavy atom. The average molecular weight is 259 g/mol. The summed E-state index contributed by atoms with van der Waals surface area (Å²) in [6, 6.07) is 11.5. The molecule has 0 aromatic heterocycles. The third-order valence-electron chi connectivity index (χ3n) is 4.30. The SMILES string of the molecule is CC1CC(NCCCc2ccccc2)CC(C)(C)C1. The van der Waals surface area contributed by atoms with E-state index in [0.29, 0.717) is 5.41 Å². The van der Waals surface area contributed by atoms with E-state index in [1.807, 2.05) is 0 Å². The second-order valence-corrected chi connectivity index (χ2v) is 7.15. The van der Waals surface area contributed by atoms with Crippen LogP contribution in [0.1, 0.15) is 52.0 Å². The lowest BCUT2D eigenvalue weighted by Crippen LogP contribution is -2.40. The number of benzene rings is 1. The van der Waals surface area contributed by atoms with Crippen molar-refractivity contribution in [2.75, 3.05) is 6.54 Å². The van der Waals surface area contributed by atoms with Crippen molar-refractivity contribution < 1.29 is 0 Å². The summed E-state index contributed by atoms with van der Waals surface area (Å²) < 4.78 is 0. The molecule has 1 fully saturated rings. The Morgan fingerprint density at radius 2 is 1.89 bits per heavy atom. The van der Waals surface area contributed by atoms with Gasteiger partial charge in [0.05, 0.1) is 0 Å². The molecule has 2 unspecified atom stereocenters. The summed E-state index contributed by atoms with van der Waals surface area (Å²) in [6.07, 6.45) is 6.52. The first-order valence-corrected chi connectivity index (χ1v) is 7.82. The molecule has 0 aliphatic heterocycles. The van der Waals surface area contributed by atoms with Gasteiger partial charge in [0.15, 0.2) is 0 Å². The molecule has 0 bridgehead atoms. The van der Waals surface area contributed by atoms with Crippen LogP contribution in [0.2, 0.25) is 0 Å². The Hall–Kier alpha value is -0.820. The molecule has 1 saturated carbocycles. The molecule has 19 heavy (non-hydrogen) atoms. The Labute approximate surface area is 118 Å². The second-order valence-electron chi connectivity index (χ2n) is 7.15. The first-order chi connectivity index (χ1) is 9.05. The normalized spacial score (nSPS) is 26.3. The van der Waals surface area contributed by atoms with Gasteiger partial charge < -0.3 is 5.32 Å². The summed E-state index contributed by atoms with van der Waals surface area (Å²) >= 11 is 0. The van der Waals surface area contributed by atoms with Crippen LogP contribution in [-0.4, -0.2) is 12.6 Å². The zero-order valence-corrected chi connectivity index (χ0v) is 12.8. The van der Waals surface area contributed by atoms with Crippen LogP contribution in [0.15, 0.2) is 30.3 Å². The van der Waals surface area contributed by atoms with E-state index in [1.54, 1.807) is 0 Å². The van der Waals surface area contributed by atoms with Crippen molar-refractivity contribution in [1.29, 1.82) is 0 Å². The third-order valence-corrected chi connectivity index (χ3v) is 4.30. The molecular formula is C18H29N. The molecule has 1 N–H and O–H groups in total. The van der Waals surface area contributed by atoms with Gasteiger partial charge >= 0.3 is 0 Å². The minimum absolute atomic E-state index is 0.523. The number of nitrogens with one attached hydrogen (secondary N) is 1. The Bertz CT molecular complexity index is 369. The molecule has 0 amide bonds. The van der Waals surface area contributed by atoms with Crippen molar-refractivity contribution in [3.63, 3.8) is 0 Å². The van der Waals surface area contributed by atoms with Gasteiger partial charge in [-0.2, -0.15) is 0 Å². The zero-order valence-electron chi connectivity index (χ0n) is 12.8. The molecule has 0 radical (unpaired) electrons. The number of rotatable bonds is 5. The number of hydrogen-bond acceptors (Lipinski definition) is 1. The van der Waals surface area contributed by atoms with Gasteiger partial charge in [0.2, 0.25) is 0 Å². The van der Waals surface area contributed by atoms with Crippen LogP contribution in [0.3, 0.4) is 0 Å². The largest absolute Gasteiger partial charge is 0.314 e. The number of aryl methyl sites for hydroxylation is 1. The zero-order chi connectivity index (χ0) is 13.7. The molecule has 1 heteroatoms. The molecular weight excluding hydrogens is 230 g/mol. The summed E-state index contributed by atoms with van der Waals surface area (Å²) in [4.78, 5) is 0. The van der Waals surface area contributed by atoms with Crippen molar-refractivity contribution in [2.24, 2.45) is 11.3 Å². The first kappa shape index (κ1) is 14.6. The van der Waals surface area contributed by atoms with Gasteiger partial charge in [-0.1, -0.05) is 51.1 Å². The van der Waals surface area contributed by atoms with E-state index in [1.165, 1.54) is 37.7 Å². The topological polar surface area (TPSA) is 12.0 Å². The molecule has 1 aromatic rings. The van der Waals surface area contributed by atoms with Crippen LogP contribution >= 0.6 is 0 Å². The van der Waals surface area contributed by atoms with Gasteiger partial charge in [0, 0.05) is 6.04 Å². The van der Waals surface area contributed by atoms with Crippen molar-refractivity contribution in [3.8, 4) is 0 Å². The van der Waals surface area contributed by atoms with Crippen LogP contribution in [0, 0.1) is 11.3 Å². The maximum atomic E-state index is 3.78. The first-order valence-electron chi connectivity index (χ1n) is 7.82. The Balaban J connectivity index is 1.68. The fourth-order valence-corrected chi connectivity index (χ4v) is 3.74. The van der Waals surface area contributed by atoms with Crippen LogP contribution in [0.25, 0.3) is 0 Å².